The SMILES string of the molecule is C[C@]12C=CC(=O)C=C1[C@@H](F)C[C@H]1[C@@H]3CC(O)[C@](O)(C(=O)CO)[C@@]3(C)C[C@H](O)[C@@]12F. The first kappa shape index (κ1) is 20.8. The van der Waals surface area contributed by atoms with Crippen LogP contribution in [0.5, 0.6) is 0 Å². The molecule has 160 valence electrons. The van der Waals surface area contributed by atoms with Gasteiger partial charge in [0.2, 0.25) is 0 Å². The Morgan fingerprint density at radius 3 is 2.48 bits per heavy atom. The Hall–Kier alpha value is -1.48. The third-order valence-electron chi connectivity index (χ3n) is 8.42. The fourth-order valence-electron chi connectivity index (χ4n) is 6.84. The van der Waals surface area contributed by atoms with E-state index in [2.05, 4.69) is 0 Å². The summed E-state index contributed by atoms with van der Waals surface area (Å²) in [5.41, 5.74) is -7.76. The number of hydrogen-bond donors (Lipinski definition) is 4. The number of aliphatic hydroxyl groups is 4. The van der Waals surface area contributed by atoms with Crippen molar-refractivity contribution in [3.63, 3.8) is 0 Å². The summed E-state index contributed by atoms with van der Waals surface area (Å²) in [6, 6.07) is 0. The minimum atomic E-state index is -2.37. The maximum atomic E-state index is 16.8. The Labute approximate surface area is 166 Å². The second-order valence-electron chi connectivity index (χ2n) is 9.46. The summed E-state index contributed by atoms with van der Waals surface area (Å²) in [6.45, 7) is 1.91. The minimum Gasteiger partial charge on any atom is -0.390 e. The average Bonchev–Trinajstić information content (AvgIpc) is 2.86. The standard InChI is InChI=1S/C21H26F2O6/c1-18-4-3-10(25)5-13(18)14(22)6-12-11-7-15(26)21(29,17(28)9-24)19(11,2)8-16(27)20(12,18)23/h3-5,11-12,14-16,24,26-27,29H,6-9H2,1-2H3/t11-,12-,14-,15?,16-,18-,19-,20-,21-/m0/s1. The number of allylic oxidation sites excluding steroid dienone is 4. The lowest BCUT2D eigenvalue weighted by Crippen LogP contribution is -2.70. The van der Waals surface area contributed by atoms with E-state index in [1.165, 1.54) is 19.9 Å². The summed E-state index contributed by atoms with van der Waals surface area (Å²) >= 11 is 0. The Morgan fingerprint density at radius 1 is 1.21 bits per heavy atom. The molecule has 1 unspecified atom stereocenters. The average molecular weight is 412 g/mol. The summed E-state index contributed by atoms with van der Waals surface area (Å²) in [6.07, 6.45) is -2.21. The third-order valence-corrected chi connectivity index (χ3v) is 8.42. The summed E-state index contributed by atoms with van der Waals surface area (Å²) in [4.78, 5) is 24.2. The van der Waals surface area contributed by atoms with E-state index in [-0.39, 0.29) is 24.8 Å². The Balaban J connectivity index is 1.87. The molecule has 0 aromatic rings. The fraction of sp³-hybridized carbons (Fsp3) is 0.714. The van der Waals surface area contributed by atoms with Crippen LogP contribution in [0.25, 0.3) is 0 Å². The normalized spacial score (nSPS) is 53.7. The van der Waals surface area contributed by atoms with E-state index >= 15 is 8.78 Å². The Kier molecular flexibility index (Phi) is 4.32. The zero-order chi connectivity index (χ0) is 21.6. The van der Waals surface area contributed by atoms with Gasteiger partial charge < -0.3 is 20.4 Å². The maximum absolute atomic E-state index is 16.8. The highest BCUT2D eigenvalue weighted by atomic mass is 19.1. The number of aliphatic hydroxyl groups excluding tert-OH is 3. The number of Topliss-reactive ketones (excluding diaryl/α,β-unsaturated/α-hetero) is 1. The molecule has 3 saturated carbocycles. The predicted molar refractivity (Wildman–Crippen MR) is 97.1 cm³/mol. The first-order valence-electron chi connectivity index (χ1n) is 9.88. The first-order valence-corrected chi connectivity index (χ1v) is 9.88. The van der Waals surface area contributed by atoms with Crippen LogP contribution in [-0.2, 0) is 9.59 Å². The zero-order valence-electron chi connectivity index (χ0n) is 16.3. The molecule has 4 N–H and O–H groups in total. The van der Waals surface area contributed by atoms with Crippen molar-refractivity contribution in [2.45, 2.75) is 62.8 Å². The monoisotopic (exact) mass is 412 g/mol. The fourth-order valence-corrected chi connectivity index (χ4v) is 6.84. The van der Waals surface area contributed by atoms with Crippen LogP contribution < -0.4 is 0 Å². The van der Waals surface area contributed by atoms with Gasteiger partial charge in [-0.15, -0.1) is 0 Å². The molecular formula is C21H26F2O6. The second-order valence-corrected chi connectivity index (χ2v) is 9.46. The summed E-state index contributed by atoms with van der Waals surface area (Å²) in [7, 11) is 0. The molecule has 0 radical (unpaired) electrons. The molecule has 6 nitrogen and oxygen atoms in total. The summed E-state index contributed by atoms with van der Waals surface area (Å²) in [5.74, 6) is -3.37. The van der Waals surface area contributed by atoms with Crippen LogP contribution >= 0.6 is 0 Å². The van der Waals surface area contributed by atoms with Gasteiger partial charge in [-0.2, -0.15) is 0 Å². The van der Waals surface area contributed by atoms with Gasteiger partial charge >= 0.3 is 0 Å². The lowest BCUT2D eigenvalue weighted by atomic mass is 9.44. The predicted octanol–water partition coefficient (Wildman–Crippen LogP) is 0.569. The maximum Gasteiger partial charge on any atom is 0.192 e. The van der Waals surface area contributed by atoms with E-state index in [1.807, 2.05) is 0 Å². The van der Waals surface area contributed by atoms with Crippen LogP contribution in [0.2, 0.25) is 0 Å². The van der Waals surface area contributed by atoms with E-state index in [9.17, 15) is 30.0 Å². The van der Waals surface area contributed by atoms with E-state index in [1.54, 1.807) is 0 Å². The van der Waals surface area contributed by atoms with Gasteiger partial charge in [-0.3, -0.25) is 9.59 Å². The highest BCUT2D eigenvalue weighted by Gasteiger charge is 2.77. The minimum absolute atomic E-state index is 0.0216. The number of carbonyl (C=O) groups excluding carboxylic acids is 2. The largest absolute Gasteiger partial charge is 0.390 e. The van der Waals surface area contributed by atoms with Gasteiger partial charge in [0.15, 0.2) is 22.8 Å². The molecule has 0 heterocycles. The van der Waals surface area contributed by atoms with Gasteiger partial charge in [0.05, 0.1) is 12.2 Å². The van der Waals surface area contributed by atoms with Gasteiger partial charge in [-0.1, -0.05) is 13.0 Å². The van der Waals surface area contributed by atoms with Gasteiger partial charge in [0, 0.05) is 16.7 Å². The number of fused-ring (bicyclic) bond motifs is 5. The molecule has 3 fully saturated rings. The summed E-state index contributed by atoms with van der Waals surface area (Å²) < 4.78 is 32.0. The van der Waals surface area contributed by atoms with Gasteiger partial charge in [-0.05, 0) is 49.8 Å². The number of halogens is 2. The molecule has 4 aliphatic carbocycles. The smallest absolute Gasteiger partial charge is 0.192 e. The molecule has 9 atom stereocenters. The van der Waals surface area contributed by atoms with Crippen LogP contribution in [0.15, 0.2) is 23.8 Å². The molecule has 0 aliphatic heterocycles. The van der Waals surface area contributed by atoms with Crippen molar-refractivity contribution in [1.82, 2.24) is 0 Å². The van der Waals surface area contributed by atoms with Crippen LogP contribution in [0, 0.1) is 22.7 Å². The number of ketones is 2. The van der Waals surface area contributed by atoms with Gasteiger partial charge in [0.25, 0.3) is 0 Å². The van der Waals surface area contributed by atoms with Crippen molar-refractivity contribution < 1.29 is 38.8 Å². The lowest BCUT2D eigenvalue weighted by molar-refractivity contribution is -0.226. The highest BCUT2D eigenvalue weighted by molar-refractivity contribution is 6.01. The zero-order valence-corrected chi connectivity index (χ0v) is 16.3. The van der Waals surface area contributed by atoms with Crippen LogP contribution in [0.4, 0.5) is 8.78 Å². The second kappa shape index (κ2) is 6.03. The molecule has 0 spiro atoms. The molecule has 4 aliphatic rings. The number of hydrogen-bond acceptors (Lipinski definition) is 6. The van der Waals surface area contributed by atoms with Crippen molar-refractivity contribution in [2.75, 3.05) is 6.61 Å². The van der Waals surface area contributed by atoms with Crippen molar-refractivity contribution in [1.29, 1.82) is 0 Å². The number of rotatable bonds is 2. The van der Waals surface area contributed by atoms with Gasteiger partial charge in [-0.25, -0.2) is 8.78 Å². The van der Waals surface area contributed by atoms with E-state index in [0.29, 0.717) is 0 Å². The molecular weight excluding hydrogens is 386 g/mol. The first-order chi connectivity index (χ1) is 13.4. The number of carbonyl (C=O) groups is 2. The summed E-state index contributed by atoms with van der Waals surface area (Å²) in [5, 5.41) is 42.0. The Morgan fingerprint density at radius 2 is 1.86 bits per heavy atom. The van der Waals surface area contributed by atoms with Crippen LogP contribution in [-0.4, -0.2) is 68.2 Å². The molecule has 0 bridgehead atoms. The van der Waals surface area contributed by atoms with E-state index in [4.69, 9.17) is 0 Å². The van der Waals surface area contributed by atoms with Crippen molar-refractivity contribution in [3.05, 3.63) is 23.8 Å². The van der Waals surface area contributed by atoms with Crippen molar-refractivity contribution >= 4 is 11.6 Å². The topological polar surface area (TPSA) is 115 Å². The van der Waals surface area contributed by atoms with Crippen molar-refractivity contribution in [3.8, 4) is 0 Å². The molecule has 4 rings (SSSR count). The molecule has 0 saturated heterocycles. The molecule has 8 heteroatoms. The molecule has 0 aromatic carbocycles. The highest BCUT2D eigenvalue weighted by Crippen LogP contribution is 2.69. The quantitative estimate of drug-likeness (QED) is 0.527. The van der Waals surface area contributed by atoms with Gasteiger partial charge in [0.1, 0.15) is 12.8 Å². The van der Waals surface area contributed by atoms with E-state index < -0.39 is 70.5 Å². The van der Waals surface area contributed by atoms with Crippen LogP contribution in [0.3, 0.4) is 0 Å². The number of alkyl halides is 2. The molecule has 0 aromatic heterocycles. The van der Waals surface area contributed by atoms with E-state index in [0.717, 1.165) is 12.2 Å². The lowest BCUT2D eigenvalue weighted by Gasteiger charge is -2.62. The molecule has 0 amide bonds. The van der Waals surface area contributed by atoms with Crippen LogP contribution in [0.1, 0.15) is 33.1 Å². The Bertz CT molecular complexity index is 841. The third kappa shape index (κ3) is 2.18. The molecule has 29 heavy (non-hydrogen) atoms. The van der Waals surface area contributed by atoms with Crippen molar-refractivity contribution in [2.24, 2.45) is 22.7 Å².